The fourth-order valence-corrected chi connectivity index (χ4v) is 1.98. The maximum atomic E-state index is 11.6. The van der Waals surface area contributed by atoms with Gasteiger partial charge in [0, 0.05) is 0 Å². The zero-order valence-corrected chi connectivity index (χ0v) is 10.6. The lowest BCUT2D eigenvalue weighted by Gasteiger charge is -2.02. The number of phenolic OH excluding ortho intramolecular Hbond substituents is 1. The minimum atomic E-state index is -0.219. The molecule has 1 amide bonds. The lowest BCUT2D eigenvalue weighted by Crippen LogP contribution is -2.18. The van der Waals surface area contributed by atoms with E-state index in [0.29, 0.717) is 10.6 Å². The number of hydrogen-bond donors (Lipinski definition) is 2. The molecule has 0 aliphatic heterocycles. The Kier molecular flexibility index (Phi) is 3.74. The summed E-state index contributed by atoms with van der Waals surface area (Å²) >= 11 is 1.37. The second-order valence-corrected chi connectivity index (χ2v) is 4.61. The zero-order valence-electron chi connectivity index (χ0n) is 9.75. The highest BCUT2D eigenvalue weighted by molar-refractivity contribution is 7.12. The number of carbonyl (C=O) groups excluding carboxylic acids is 1. The summed E-state index contributed by atoms with van der Waals surface area (Å²) in [4.78, 5) is 12.3. The first-order valence-electron chi connectivity index (χ1n) is 5.34. The number of carbonyl (C=O) groups is 1. The summed E-state index contributed by atoms with van der Waals surface area (Å²) in [5, 5.41) is 15.0. The molecular formula is C13H12N2O2S. The first-order valence-corrected chi connectivity index (χ1v) is 6.22. The number of nitrogens with one attached hydrogen (secondary N) is 1. The Morgan fingerprint density at radius 2 is 2.00 bits per heavy atom. The molecule has 5 heteroatoms. The van der Waals surface area contributed by atoms with Crippen molar-refractivity contribution in [2.24, 2.45) is 5.10 Å². The number of rotatable bonds is 3. The van der Waals surface area contributed by atoms with Crippen LogP contribution in [0.2, 0.25) is 0 Å². The summed E-state index contributed by atoms with van der Waals surface area (Å²) in [6.45, 7) is 1.79. The van der Waals surface area contributed by atoms with Crippen LogP contribution in [0.15, 0.2) is 46.9 Å². The maximum absolute atomic E-state index is 11.6. The van der Waals surface area contributed by atoms with E-state index in [4.69, 9.17) is 0 Å². The van der Waals surface area contributed by atoms with Crippen LogP contribution < -0.4 is 5.43 Å². The fourth-order valence-electron chi connectivity index (χ4n) is 1.36. The Balaban J connectivity index is 2.05. The van der Waals surface area contributed by atoms with Crippen molar-refractivity contribution in [3.05, 3.63) is 52.2 Å². The summed E-state index contributed by atoms with van der Waals surface area (Å²) in [5.74, 6) is -0.0164. The van der Waals surface area contributed by atoms with Gasteiger partial charge in [-0.05, 0) is 48.2 Å². The fraction of sp³-hybridized carbons (Fsp3) is 0.0769. The van der Waals surface area contributed by atoms with E-state index < -0.39 is 0 Å². The molecule has 18 heavy (non-hydrogen) atoms. The van der Waals surface area contributed by atoms with Gasteiger partial charge >= 0.3 is 0 Å². The maximum Gasteiger partial charge on any atom is 0.281 e. The van der Waals surface area contributed by atoms with Gasteiger partial charge in [0.1, 0.15) is 5.75 Å². The summed E-state index contributed by atoms with van der Waals surface area (Å²) in [6, 6.07) is 10.2. The van der Waals surface area contributed by atoms with Crippen molar-refractivity contribution >= 4 is 23.0 Å². The van der Waals surface area contributed by atoms with Crippen LogP contribution in [0.5, 0.6) is 5.75 Å². The van der Waals surface area contributed by atoms with Crippen molar-refractivity contribution in [2.45, 2.75) is 6.92 Å². The van der Waals surface area contributed by atoms with Crippen LogP contribution in [-0.2, 0) is 0 Å². The number of phenols is 1. The Bertz CT molecular complexity index is 559. The Labute approximate surface area is 109 Å². The van der Waals surface area contributed by atoms with Crippen molar-refractivity contribution in [3.63, 3.8) is 0 Å². The van der Waals surface area contributed by atoms with E-state index in [-0.39, 0.29) is 11.7 Å². The molecule has 4 nitrogen and oxygen atoms in total. The molecule has 0 atom stereocenters. The lowest BCUT2D eigenvalue weighted by atomic mass is 10.1. The largest absolute Gasteiger partial charge is 0.508 e. The smallest absolute Gasteiger partial charge is 0.281 e. The molecule has 0 unspecified atom stereocenters. The van der Waals surface area contributed by atoms with E-state index in [1.54, 1.807) is 37.3 Å². The van der Waals surface area contributed by atoms with Gasteiger partial charge in [0.15, 0.2) is 0 Å². The molecule has 0 spiro atoms. The molecule has 0 aliphatic carbocycles. The van der Waals surface area contributed by atoms with Gasteiger partial charge in [0.2, 0.25) is 0 Å². The van der Waals surface area contributed by atoms with Crippen molar-refractivity contribution in [3.8, 4) is 5.75 Å². The standard InChI is InChI=1S/C13H12N2O2S/c1-9(10-4-6-11(16)7-5-10)14-15-13(17)12-3-2-8-18-12/h2-8,16H,1H3,(H,15,17)/b14-9-. The minimum Gasteiger partial charge on any atom is -0.508 e. The highest BCUT2D eigenvalue weighted by Crippen LogP contribution is 2.11. The summed E-state index contributed by atoms with van der Waals surface area (Å²) in [6.07, 6.45) is 0. The van der Waals surface area contributed by atoms with Gasteiger partial charge in [-0.1, -0.05) is 6.07 Å². The number of benzene rings is 1. The summed E-state index contributed by atoms with van der Waals surface area (Å²) in [7, 11) is 0. The number of nitrogens with zero attached hydrogens (tertiary/aromatic N) is 1. The molecule has 1 aromatic heterocycles. The van der Waals surface area contributed by atoms with Gasteiger partial charge in [-0.3, -0.25) is 4.79 Å². The van der Waals surface area contributed by atoms with Gasteiger partial charge in [-0.25, -0.2) is 5.43 Å². The predicted molar refractivity (Wildman–Crippen MR) is 72.1 cm³/mol. The number of hydrogen-bond acceptors (Lipinski definition) is 4. The van der Waals surface area contributed by atoms with Gasteiger partial charge in [-0.2, -0.15) is 5.10 Å². The lowest BCUT2D eigenvalue weighted by molar-refractivity contribution is 0.0959. The van der Waals surface area contributed by atoms with Crippen LogP contribution in [-0.4, -0.2) is 16.7 Å². The highest BCUT2D eigenvalue weighted by atomic mass is 32.1. The van der Waals surface area contributed by atoms with Crippen molar-refractivity contribution < 1.29 is 9.90 Å². The van der Waals surface area contributed by atoms with Crippen molar-refractivity contribution in [1.82, 2.24) is 5.43 Å². The summed E-state index contributed by atoms with van der Waals surface area (Å²) < 4.78 is 0. The number of amides is 1. The van der Waals surface area contributed by atoms with Crippen molar-refractivity contribution in [1.29, 1.82) is 0 Å². The second-order valence-electron chi connectivity index (χ2n) is 3.66. The minimum absolute atomic E-state index is 0.203. The van der Waals surface area contributed by atoms with Gasteiger partial charge in [-0.15, -0.1) is 11.3 Å². The second kappa shape index (κ2) is 5.46. The molecule has 2 aromatic rings. The SMILES string of the molecule is C/C(=N/NC(=O)c1cccs1)c1ccc(O)cc1. The molecule has 2 rings (SSSR count). The first-order chi connectivity index (χ1) is 8.66. The molecule has 1 heterocycles. The number of aromatic hydroxyl groups is 1. The molecule has 0 saturated carbocycles. The third-order valence-corrected chi connectivity index (χ3v) is 3.22. The van der Waals surface area contributed by atoms with Crippen LogP contribution in [0.3, 0.4) is 0 Å². The Morgan fingerprint density at radius 3 is 2.61 bits per heavy atom. The van der Waals surface area contributed by atoms with Gasteiger partial charge in [0.05, 0.1) is 10.6 Å². The summed E-state index contributed by atoms with van der Waals surface area (Å²) in [5.41, 5.74) is 4.02. The Morgan fingerprint density at radius 1 is 1.28 bits per heavy atom. The van der Waals surface area contributed by atoms with Gasteiger partial charge in [0.25, 0.3) is 5.91 Å². The van der Waals surface area contributed by atoms with E-state index >= 15 is 0 Å². The zero-order chi connectivity index (χ0) is 13.0. The van der Waals surface area contributed by atoms with Crippen molar-refractivity contribution in [2.75, 3.05) is 0 Å². The molecule has 0 saturated heterocycles. The van der Waals surface area contributed by atoms with Gasteiger partial charge < -0.3 is 5.11 Å². The third-order valence-electron chi connectivity index (χ3n) is 2.36. The quantitative estimate of drug-likeness (QED) is 0.658. The molecule has 2 N–H and O–H groups in total. The molecule has 1 aromatic carbocycles. The van der Waals surface area contributed by atoms with Crippen LogP contribution in [0.1, 0.15) is 22.2 Å². The molecule has 0 aliphatic rings. The first kappa shape index (κ1) is 12.3. The van der Waals surface area contributed by atoms with Crippen LogP contribution in [0.25, 0.3) is 0 Å². The van der Waals surface area contributed by atoms with Crippen LogP contribution >= 0.6 is 11.3 Å². The average molecular weight is 260 g/mol. The van der Waals surface area contributed by atoms with E-state index in [9.17, 15) is 9.90 Å². The molecule has 0 radical (unpaired) electrons. The van der Waals surface area contributed by atoms with Crippen LogP contribution in [0.4, 0.5) is 0 Å². The molecule has 0 bridgehead atoms. The Hall–Kier alpha value is -2.14. The van der Waals surface area contributed by atoms with E-state index in [2.05, 4.69) is 10.5 Å². The van der Waals surface area contributed by atoms with E-state index in [1.807, 2.05) is 11.4 Å². The van der Waals surface area contributed by atoms with Crippen LogP contribution in [0, 0.1) is 0 Å². The average Bonchev–Trinajstić information content (AvgIpc) is 2.90. The normalized spacial score (nSPS) is 11.3. The topological polar surface area (TPSA) is 61.7 Å². The molecule has 92 valence electrons. The van der Waals surface area contributed by atoms with E-state index in [0.717, 1.165) is 5.56 Å². The monoisotopic (exact) mass is 260 g/mol. The molecule has 0 fully saturated rings. The third kappa shape index (κ3) is 2.95. The van der Waals surface area contributed by atoms with E-state index in [1.165, 1.54) is 11.3 Å². The number of thiophene rings is 1. The number of hydrazone groups is 1. The highest BCUT2D eigenvalue weighted by Gasteiger charge is 2.05. The molecular weight excluding hydrogens is 248 g/mol. The predicted octanol–water partition coefficient (Wildman–Crippen LogP) is 2.61.